The van der Waals surface area contributed by atoms with Gasteiger partial charge in [0.1, 0.15) is 16.0 Å². The summed E-state index contributed by atoms with van der Waals surface area (Å²) in [6.07, 6.45) is 3.70. The van der Waals surface area contributed by atoms with Crippen LogP contribution in [0.5, 0.6) is 0 Å². The first-order valence-electron chi connectivity index (χ1n) is 7.04. The fourth-order valence-corrected chi connectivity index (χ4v) is 4.16. The van der Waals surface area contributed by atoms with Gasteiger partial charge in [0.25, 0.3) is 5.91 Å². The largest absolute Gasteiger partial charge is 0.371 e. The maximum Gasteiger partial charge on any atom is 0.269 e. The van der Waals surface area contributed by atoms with E-state index in [1.165, 1.54) is 22.7 Å². The Balaban J connectivity index is 1.51. The number of hydrogen-bond donors (Lipinski definition) is 1. The van der Waals surface area contributed by atoms with Gasteiger partial charge in [0.05, 0.1) is 16.4 Å². The van der Waals surface area contributed by atoms with Gasteiger partial charge in [-0.05, 0) is 25.0 Å². The number of hydrogen-bond acceptors (Lipinski definition) is 6. The number of fused-ring (bicyclic) bond motifs is 1. The van der Waals surface area contributed by atoms with E-state index in [-0.39, 0.29) is 12.0 Å². The second kappa shape index (κ2) is 5.75. The van der Waals surface area contributed by atoms with Crippen LogP contribution in [0.3, 0.4) is 0 Å². The zero-order valence-electron chi connectivity index (χ0n) is 11.6. The molecule has 0 saturated carbocycles. The van der Waals surface area contributed by atoms with Crippen LogP contribution in [0, 0.1) is 0 Å². The molecule has 0 bridgehead atoms. The SMILES string of the molecule is O=C(Nc1nc2ccccc2s1)c1cnc(C2CCCO2)s1. The number of aromatic nitrogens is 2. The highest BCUT2D eigenvalue weighted by Gasteiger charge is 2.22. The van der Waals surface area contributed by atoms with Gasteiger partial charge in [-0.15, -0.1) is 11.3 Å². The van der Waals surface area contributed by atoms with Crippen LogP contribution < -0.4 is 5.32 Å². The first-order chi connectivity index (χ1) is 10.8. The summed E-state index contributed by atoms with van der Waals surface area (Å²) in [5.74, 6) is -0.166. The first kappa shape index (κ1) is 13.8. The van der Waals surface area contributed by atoms with E-state index < -0.39 is 0 Å². The Morgan fingerprint density at radius 3 is 3.05 bits per heavy atom. The van der Waals surface area contributed by atoms with Crippen LogP contribution in [-0.2, 0) is 4.74 Å². The molecule has 4 rings (SSSR count). The standard InChI is InChI=1S/C15H13N3O2S2/c19-13(12-8-16-14(21-12)10-5-3-7-20-10)18-15-17-9-4-1-2-6-11(9)22-15/h1-2,4,6,8,10H,3,5,7H2,(H,17,18,19). The summed E-state index contributed by atoms with van der Waals surface area (Å²) in [5, 5.41) is 4.34. The molecular formula is C15H13N3O2S2. The second-order valence-corrected chi connectivity index (χ2v) is 7.10. The van der Waals surface area contributed by atoms with Crippen molar-refractivity contribution < 1.29 is 9.53 Å². The molecule has 3 heterocycles. The molecular weight excluding hydrogens is 318 g/mol. The van der Waals surface area contributed by atoms with Crippen molar-refractivity contribution >= 4 is 43.9 Å². The molecule has 1 N–H and O–H groups in total. The highest BCUT2D eigenvalue weighted by molar-refractivity contribution is 7.22. The minimum absolute atomic E-state index is 0.0500. The van der Waals surface area contributed by atoms with Crippen LogP contribution in [0.25, 0.3) is 10.2 Å². The second-order valence-electron chi connectivity index (χ2n) is 5.01. The Labute approximate surface area is 135 Å². The van der Waals surface area contributed by atoms with Crippen molar-refractivity contribution in [3.05, 3.63) is 40.3 Å². The third-order valence-corrected chi connectivity index (χ3v) is 5.51. The Bertz CT molecular complexity index is 788. The van der Waals surface area contributed by atoms with Crippen molar-refractivity contribution in [2.24, 2.45) is 0 Å². The van der Waals surface area contributed by atoms with E-state index in [0.717, 1.165) is 34.7 Å². The van der Waals surface area contributed by atoms with Crippen LogP contribution in [0.4, 0.5) is 5.13 Å². The summed E-state index contributed by atoms with van der Waals surface area (Å²) in [5.41, 5.74) is 0.896. The summed E-state index contributed by atoms with van der Waals surface area (Å²) in [4.78, 5) is 21.6. The fourth-order valence-electron chi connectivity index (χ4n) is 2.40. The molecule has 5 nitrogen and oxygen atoms in total. The lowest BCUT2D eigenvalue weighted by molar-refractivity contribution is 0.103. The third kappa shape index (κ3) is 2.63. The van der Waals surface area contributed by atoms with Gasteiger partial charge in [-0.1, -0.05) is 23.5 Å². The molecule has 0 aliphatic carbocycles. The number of amides is 1. The quantitative estimate of drug-likeness (QED) is 0.791. The van der Waals surface area contributed by atoms with E-state index in [4.69, 9.17) is 4.74 Å². The van der Waals surface area contributed by atoms with Gasteiger partial charge in [0, 0.05) is 6.61 Å². The minimum Gasteiger partial charge on any atom is -0.371 e. The van der Waals surface area contributed by atoms with E-state index in [9.17, 15) is 4.79 Å². The number of ether oxygens (including phenoxy) is 1. The number of thiazole rings is 2. The molecule has 22 heavy (non-hydrogen) atoms. The number of carbonyl (C=O) groups is 1. The monoisotopic (exact) mass is 331 g/mol. The molecule has 1 fully saturated rings. The number of benzene rings is 1. The number of anilines is 1. The van der Waals surface area contributed by atoms with Crippen molar-refractivity contribution in [3.8, 4) is 0 Å². The molecule has 3 aromatic rings. The number of nitrogens with one attached hydrogen (secondary N) is 1. The molecule has 7 heteroatoms. The van der Waals surface area contributed by atoms with Gasteiger partial charge in [-0.25, -0.2) is 9.97 Å². The number of para-hydroxylation sites is 1. The average Bonchev–Trinajstić information content (AvgIpc) is 3.26. The molecule has 1 unspecified atom stereocenters. The summed E-state index contributed by atoms with van der Waals surface area (Å²) < 4.78 is 6.65. The molecule has 2 aromatic heterocycles. The maximum absolute atomic E-state index is 12.3. The third-order valence-electron chi connectivity index (χ3n) is 3.47. The summed E-state index contributed by atoms with van der Waals surface area (Å²) in [6.45, 7) is 0.775. The Kier molecular flexibility index (Phi) is 3.61. The molecule has 1 aliphatic heterocycles. The van der Waals surface area contributed by atoms with Crippen LogP contribution in [0.15, 0.2) is 30.5 Å². The van der Waals surface area contributed by atoms with E-state index in [1.54, 1.807) is 6.20 Å². The van der Waals surface area contributed by atoms with Gasteiger partial charge >= 0.3 is 0 Å². The molecule has 0 spiro atoms. The lowest BCUT2D eigenvalue weighted by atomic mass is 10.2. The summed E-state index contributed by atoms with van der Waals surface area (Å²) in [7, 11) is 0. The topological polar surface area (TPSA) is 64.1 Å². The highest BCUT2D eigenvalue weighted by Crippen LogP contribution is 2.32. The molecule has 0 radical (unpaired) electrons. The minimum atomic E-state index is -0.166. The van der Waals surface area contributed by atoms with Crippen molar-refractivity contribution in [2.75, 3.05) is 11.9 Å². The molecule has 1 aromatic carbocycles. The summed E-state index contributed by atoms with van der Waals surface area (Å²) >= 11 is 2.86. The van der Waals surface area contributed by atoms with E-state index in [2.05, 4.69) is 15.3 Å². The Morgan fingerprint density at radius 2 is 2.23 bits per heavy atom. The van der Waals surface area contributed by atoms with Crippen LogP contribution in [0.2, 0.25) is 0 Å². The van der Waals surface area contributed by atoms with Crippen molar-refractivity contribution in [1.82, 2.24) is 9.97 Å². The lowest BCUT2D eigenvalue weighted by Crippen LogP contribution is -2.09. The highest BCUT2D eigenvalue weighted by atomic mass is 32.1. The lowest BCUT2D eigenvalue weighted by Gasteiger charge is -2.03. The zero-order valence-corrected chi connectivity index (χ0v) is 13.2. The first-order valence-corrected chi connectivity index (χ1v) is 8.67. The van der Waals surface area contributed by atoms with Crippen LogP contribution >= 0.6 is 22.7 Å². The number of rotatable bonds is 3. The maximum atomic E-state index is 12.3. The van der Waals surface area contributed by atoms with Gasteiger partial charge in [0.2, 0.25) is 0 Å². The van der Waals surface area contributed by atoms with E-state index >= 15 is 0 Å². The molecule has 1 amide bonds. The molecule has 1 aliphatic rings. The zero-order chi connectivity index (χ0) is 14.9. The normalized spacial score (nSPS) is 17.9. The van der Waals surface area contributed by atoms with Gasteiger partial charge in [0.15, 0.2) is 5.13 Å². The van der Waals surface area contributed by atoms with E-state index in [1.807, 2.05) is 24.3 Å². The van der Waals surface area contributed by atoms with E-state index in [0.29, 0.717) is 10.0 Å². The van der Waals surface area contributed by atoms with Crippen molar-refractivity contribution in [3.63, 3.8) is 0 Å². The Hall–Kier alpha value is -1.83. The average molecular weight is 331 g/mol. The molecule has 112 valence electrons. The van der Waals surface area contributed by atoms with Crippen molar-refractivity contribution in [1.29, 1.82) is 0 Å². The van der Waals surface area contributed by atoms with Gasteiger partial charge in [-0.3, -0.25) is 10.1 Å². The number of carbonyl (C=O) groups excluding carboxylic acids is 1. The smallest absolute Gasteiger partial charge is 0.269 e. The van der Waals surface area contributed by atoms with Gasteiger partial charge in [-0.2, -0.15) is 0 Å². The predicted octanol–water partition coefficient (Wildman–Crippen LogP) is 3.86. The van der Waals surface area contributed by atoms with Crippen LogP contribution in [-0.4, -0.2) is 22.5 Å². The van der Waals surface area contributed by atoms with Gasteiger partial charge < -0.3 is 4.74 Å². The Morgan fingerprint density at radius 1 is 1.32 bits per heavy atom. The fraction of sp³-hybridized carbons (Fsp3) is 0.267. The predicted molar refractivity (Wildman–Crippen MR) is 87.6 cm³/mol. The molecule has 1 atom stereocenters. The van der Waals surface area contributed by atoms with Crippen molar-refractivity contribution in [2.45, 2.75) is 18.9 Å². The molecule has 1 saturated heterocycles. The van der Waals surface area contributed by atoms with Crippen LogP contribution in [0.1, 0.15) is 33.6 Å². The summed E-state index contributed by atoms with van der Waals surface area (Å²) in [6, 6.07) is 7.82. The number of nitrogens with zero attached hydrogens (tertiary/aromatic N) is 2.